The molecule has 0 unspecified atom stereocenters. The molecule has 0 aromatic carbocycles. The van der Waals surface area contributed by atoms with Crippen molar-refractivity contribution in [3.8, 4) is 11.5 Å². The molecule has 0 bridgehead atoms. The van der Waals surface area contributed by atoms with Crippen LogP contribution in [0.15, 0.2) is 41.4 Å². The van der Waals surface area contributed by atoms with Crippen molar-refractivity contribution in [2.45, 2.75) is 0 Å². The maximum atomic E-state index is 9.19. The molecule has 0 aliphatic rings. The molecule has 0 aliphatic heterocycles. The van der Waals surface area contributed by atoms with Crippen molar-refractivity contribution in [1.82, 2.24) is 4.98 Å². The first-order chi connectivity index (χ1) is 7.95. The van der Waals surface area contributed by atoms with E-state index in [1.165, 1.54) is 0 Å². The van der Waals surface area contributed by atoms with Gasteiger partial charge in [0.2, 0.25) is 0 Å². The van der Waals surface area contributed by atoms with E-state index in [2.05, 4.69) is 4.98 Å². The van der Waals surface area contributed by atoms with Gasteiger partial charge < -0.3 is 4.74 Å². The van der Waals surface area contributed by atoms with Crippen LogP contribution in [0.1, 0.15) is 0 Å². The second kappa shape index (κ2) is 6.33. The molecule has 0 saturated carbocycles. The minimum absolute atomic E-state index is 0.715. The molecule has 0 radical (unpaired) electrons. The van der Waals surface area contributed by atoms with Gasteiger partial charge in [0, 0.05) is 11.6 Å². The topological polar surface area (TPSA) is 76.5 Å². The zero-order valence-electron chi connectivity index (χ0n) is 8.98. The lowest BCUT2D eigenvalue weighted by molar-refractivity contribution is 0.482. The number of hydrogen-bond acceptors (Lipinski definition) is 5. The molecule has 7 heteroatoms. The van der Waals surface area contributed by atoms with Gasteiger partial charge >= 0.3 is 0 Å². The maximum Gasteiger partial charge on any atom is 0.261 e. The van der Waals surface area contributed by atoms with Crippen molar-refractivity contribution in [3.63, 3.8) is 0 Å². The first kappa shape index (κ1) is 13.6. The molecule has 92 valence electrons. The van der Waals surface area contributed by atoms with Crippen LogP contribution in [0.3, 0.4) is 0 Å². The molecule has 0 atom stereocenters. The summed E-state index contributed by atoms with van der Waals surface area (Å²) in [5.41, 5.74) is 0. The third kappa shape index (κ3) is 7.45. The monoisotopic (exact) mass is 273 g/mol. The zero-order valence-corrected chi connectivity index (χ0v) is 10.6. The van der Waals surface area contributed by atoms with Gasteiger partial charge in [-0.25, -0.2) is 0 Å². The van der Waals surface area contributed by atoms with E-state index in [1.54, 1.807) is 23.7 Å². The lowest BCUT2D eigenvalue weighted by Crippen LogP contribution is -1.88. The van der Waals surface area contributed by atoms with Crippen LogP contribution in [-0.2, 0) is 10.1 Å². The molecule has 2 aromatic heterocycles. The van der Waals surface area contributed by atoms with Gasteiger partial charge in [0.15, 0.2) is 0 Å². The molecule has 2 aromatic rings. The van der Waals surface area contributed by atoms with Crippen molar-refractivity contribution in [2.75, 3.05) is 6.26 Å². The van der Waals surface area contributed by atoms with Gasteiger partial charge in [-0.15, -0.1) is 11.3 Å². The van der Waals surface area contributed by atoms with Crippen LogP contribution >= 0.6 is 11.3 Å². The number of thiophene rings is 1. The van der Waals surface area contributed by atoms with Crippen LogP contribution in [0.5, 0.6) is 11.5 Å². The summed E-state index contributed by atoms with van der Waals surface area (Å²) in [5, 5.41) is 3.93. The number of hydrogen-bond donors (Lipinski definition) is 1. The Morgan fingerprint density at radius 3 is 2.53 bits per heavy atom. The fraction of sp³-hybridized carbons (Fsp3) is 0.100. The zero-order chi connectivity index (χ0) is 12.7. The summed E-state index contributed by atoms with van der Waals surface area (Å²) in [6, 6.07) is 5.66. The van der Waals surface area contributed by atoms with Gasteiger partial charge in [-0.05, 0) is 23.6 Å². The van der Waals surface area contributed by atoms with Crippen LogP contribution in [0.2, 0.25) is 0 Å². The predicted octanol–water partition coefficient (Wildman–Crippen LogP) is 2.44. The van der Waals surface area contributed by atoms with E-state index in [-0.39, 0.29) is 0 Å². The van der Waals surface area contributed by atoms with E-state index in [0.29, 0.717) is 6.26 Å². The summed E-state index contributed by atoms with van der Waals surface area (Å²) in [5.74, 6) is 1.64. The quantitative estimate of drug-likeness (QED) is 0.850. The molecule has 0 fully saturated rings. The third-order valence-corrected chi connectivity index (χ3v) is 2.03. The Morgan fingerprint density at radius 2 is 2.06 bits per heavy atom. The molecule has 0 amide bonds. The van der Waals surface area contributed by atoms with Crippen molar-refractivity contribution in [3.05, 3.63) is 41.4 Å². The first-order valence-corrected chi connectivity index (χ1v) is 7.27. The number of rotatable bonds is 2. The summed E-state index contributed by atoms with van der Waals surface area (Å²) in [6.45, 7) is 0. The number of ether oxygens (including phenoxy) is 1. The maximum absolute atomic E-state index is 9.19. The molecule has 0 aliphatic carbocycles. The normalized spacial score (nSPS) is 10.2. The van der Waals surface area contributed by atoms with E-state index in [1.807, 2.05) is 29.0 Å². The van der Waals surface area contributed by atoms with Gasteiger partial charge in [0.1, 0.15) is 11.5 Å². The second-order valence-corrected chi connectivity index (χ2v) is 5.23. The van der Waals surface area contributed by atoms with Crippen LogP contribution in [0, 0.1) is 0 Å². The number of nitrogens with zero attached hydrogens (tertiary/aromatic N) is 1. The summed E-state index contributed by atoms with van der Waals surface area (Å²) in [4.78, 5) is 3.94. The van der Waals surface area contributed by atoms with E-state index < -0.39 is 10.1 Å². The van der Waals surface area contributed by atoms with E-state index in [4.69, 9.17) is 9.29 Å². The largest absolute Gasteiger partial charge is 0.455 e. The highest BCUT2D eigenvalue weighted by atomic mass is 32.2. The first-order valence-electron chi connectivity index (χ1n) is 4.47. The Kier molecular flexibility index (Phi) is 5.08. The highest BCUT2D eigenvalue weighted by molar-refractivity contribution is 7.85. The van der Waals surface area contributed by atoms with Crippen LogP contribution < -0.4 is 4.74 Å². The van der Waals surface area contributed by atoms with Crippen molar-refractivity contribution in [2.24, 2.45) is 0 Å². The highest BCUT2D eigenvalue weighted by Crippen LogP contribution is 2.21. The van der Waals surface area contributed by atoms with Crippen LogP contribution in [0.4, 0.5) is 0 Å². The Hall–Kier alpha value is -1.44. The standard InChI is InChI=1S/C9H7NOS.CH4O3S/c1-2-8(6-10-4-1)11-9-3-5-12-7-9;1-5(2,3)4/h1-7H;1H3,(H,2,3,4). The summed E-state index contributed by atoms with van der Waals surface area (Å²) < 4.78 is 31.3. The van der Waals surface area contributed by atoms with Gasteiger partial charge in [-0.1, -0.05) is 0 Å². The van der Waals surface area contributed by atoms with Gasteiger partial charge in [0.25, 0.3) is 10.1 Å². The molecular formula is C10H11NO4S2. The molecule has 2 heterocycles. The fourth-order valence-electron chi connectivity index (χ4n) is 0.854. The Balaban J connectivity index is 0.000000249. The van der Waals surface area contributed by atoms with E-state index in [0.717, 1.165) is 11.5 Å². The molecule has 0 saturated heterocycles. The summed E-state index contributed by atoms with van der Waals surface area (Å²) in [7, 11) is -3.67. The van der Waals surface area contributed by atoms with E-state index >= 15 is 0 Å². The molecule has 1 N–H and O–H groups in total. The predicted molar refractivity (Wildman–Crippen MR) is 66.1 cm³/mol. The lowest BCUT2D eigenvalue weighted by Gasteiger charge is -1.99. The second-order valence-electron chi connectivity index (χ2n) is 2.98. The SMILES string of the molecule is CS(=O)(=O)O.c1cncc(Oc2ccsc2)c1. The van der Waals surface area contributed by atoms with Crippen LogP contribution in [-0.4, -0.2) is 24.2 Å². The van der Waals surface area contributed by atoms with Crippen molar-refractivity contribution in [1.29, 1.82) is 0 Å². The molecule has 2 rings (SSSR count). The smallest absolute Gasteiger partial charge is 0.261 e. The molecular weight excluding hydrogens is 262 g/mol. The molecule has 5 nitrogen and oxygen atoms in total. The molecule has 0 spiro atoms. The van der Waals surface area contributed by atoms with Crippen molar-refractivity contribution < 1.29 is 17.7 Å². The highest BCUT2D eigenvalue weighted by Gasteiger charge is 1.94. The van der Waals surface area contributed by atoms with Gasteiger partial charge in [-0.3, -0.25) is 9.54 Å². The summed E-state index contributed by atoms with van der Waals surface area (Å²) in [6.07, 6.45) is 4.13. The molecule has 17 heavy (non-hydrogen) atoms. The van der Waals surface area contributed by atoms with Crippen molar-refractivity contribution >= 4 is 21.5 Å². The average Bonchev–Trinajstić information content (AvgIpc) is 2.69. The van der Waals surface area contributed by atoms with Gasteiger partial charge in [-0.2, -0.15) is 8.42 Å². The van der Waals surface area contributed by atoms with Gasteiger partial charge in [0.05, 0.1) is 12.5 Å². The Bertz CT molecular complexity index is 515. The minimum Gasteiger partial charge on any atom is -0.455 e. The number of aromatic nitrogens is 1. The Morgan fingerprint density at radius 1 is 1.35 bits per heavy atom. The minimum atomic E-state index is -3.67. The lowest BCUT2D eigenvalue weighted by atomic mass is 10.4. The Labute approximate surface area is 103 Å². The number of pyridine rings is 1. The fourth-order valence-corrected chi connectivity index (χ4v) is 1.41. The van der Waals surface area contributed by atoms with Crippen LogP contribution in [0.25, 0.3) is 0 Å². The summed E-state index contributed by atoms with van der Waals surface area (Å²) >= 11 is 1.61. The third-order valence-electron chi connectivity index (χ3n) is 1.37. The average molecular weight is 273 g/mol. The van der Waals surface area contributed by atoms with E-state index in [9.17, 15) is 8.42 Å².